The van der Waals surface area contributed by atoms with E-state index in [1.54, 1.807) is 0 Å². The summed E-state index contributed by atoms with van der Waals surface area (Å²) in [6, 6.07) is 0. The number of carbonyl (C=O) groups excluding carboxylic acids is 1. The highest BCUT2D eigenvalue weighted by atomic mass is 16.2. The van der Waals surface area contributed by atoms with E-state index in [9.17, 15) is 4.79 Å². The van der Waals surface area contributed by atoms with Crippen molar-refractivity contribution in [2.24, 2.45) is 11.8 Å². The summed E-state index contributed by atoms with van der Waals surface area (Å²) in [5.41, 5.74) is 0. The average molecular weight is 270 g/mol. The van der Waals surface area contributed by atoms with Crippen LogP contribution in [0.2, 0.25) is 0 Å². The number of rotatable bonds is 11. The molecule has 0 saturated heterocycles. The van der Waals surface area contributed by atoms with E-state index in [0.29, 0.717) is 12.5 Å². The summed E-state index contributed by atoms with van der Waals surface area (Å²) in [5.74, 6) is 1.58. The minimum Gasteiger partial charge on any atom is -0.355 e. The highest BCUT2D eigenvalue weighted by molar-refractivity contribution is 5.77. The van der Waals surface area contributed by atoms with Crippen molar-refractivity contribution < 1.29 is 4.79 Å². The van der Waals surface area contributed by atoms with Crippen LogP contribution in [0.25, 0.3) is 0 Å². The molecule has 19 heavy (non-hydrogen) atoms. The summed E-state index contributed by atoms with van der Waals surface area (Å²) < 4.78 is 0. The first-order valence-corrected chi connectivity index (χ1v) is 7.87. The molecule has 3 heteroatoms. The maximum atomic E-state index is 11.7. The third-order valence-electron chi connectivity index (χ3n) is 3.12. The number of amides is 1. The summed E-state index contributed by atoms with van der Waals surface area (Å²) in [6.07, 6.45) is 6.28. The fourth-order valence-electron chi connectivity index (χ4n) is 2.25. The Balaban J connectivity index is 3.38. The van der Waals surface area contributed by atoms with E-state index in [4.69, 9.17) is 0 Å². The first-order chi connectivity index (χ1) is 8.91. The molecule has 1 amide bonds. The number of hydrogen-bond acceptors (Lipinski definition) is 2. The van der Waals surface area contributed by atoms with E-state index in [1.807, 2.05) is 7.05 Å². The summed E-state index contributed by atoms with van der Waals surface area (Å²) in [6.45, 7) is 11.2. The van der Waals surface area contributed by atoms with Crippen LogP contribution in [0.4, 0.5) is 0 Å². The molecule has 0 fully saturated rings. The lowest BCUT2D eigenvalue weighted by Gasteiger charge is -2.18. The van der Waals surface area contributed by atoms with Gasteiger partial charge >= 0.3 is 0 Å². The lowest BCUT2D eigenvalue weighted by atomic mass is 10.0. The molecule has 0 radical (unpaired) electrons. The molecule has 0 aliphatic rings. The Kier molecular flexibility index (Phi) is 10.9. The van der Waals surface area contributed by atoms with E-state index in [2.05, 4.69) is 37.9 Å². The molecule has 0 aliphatic heterocycles. The van der Waals surface area contributed by atoms with Gasteiger partial charge in [0.2, 0.25) is 5.91 Å². The highest BCUT2D eigenvalue weighted by Crippen LogP contribution is 2.08. The zero-order valence-corrected chi connectivity index (χ0v) is 13.7. The highest BCUT2D eigenvalue weighted by Gasteiger charge is 2.07. The van der Waals surface area contributed by atoms with E-state index < -0.39 is 0 Å². The van der Waals surface area contributed by atoms with Crippen molar-refractivity contribution in [3.05, 3.63) is 0 Å². The standard InChI is InChI=1S/C16H34N2O/c1-14(2)10-8-6-7-9-11-17-16(19)13-18(5)12-15(3)4/h14-15H,6-13H2,1-5H3,(H,17,19). The predicted molar refractivity (Wildman–Crippen MR) is 83.3 cm³/mol. The van der Waals surface area contributed by atoms with Crippen molar-refractivity contribution in [2.75, 3.05) is 26.7 Å². The zero-order valence-electron chi connectivity index (χ0n) is 13.7. The Hall–Kier alpha value is -0.570. The molecular weight excluding hydrogens is 236 g/mol. The Morgan fingerprint density at radius 1 is 1.00 bits per heavy atom. The van der Waals surface area contributed by atoms with Crippen LogP contribution in [0.15, 0.2) is 0 Å². The van der Waals surface area contributed by atoms with Gasteiger partial charge in [-0.2, -0.15) is 0 Å². The van der Waals surface area contributed by atoms with Gasteiger partial charge < -0.3 is 5.32 Å². The van der Waals surface area contributed by atoms with Gasteiger partial charge in [-0.3, -0.25) is 9.69 Å². The van der Waals surface area contributed by atoms with Crippen molar-refractivity contribution in [1.29, 1.82) is 0 Å². The van der Waals surface area contributed by atoms with Gasteiger partial charge in [-0.1, -0.05) is 53.4 Å². The lowest BCUT2D eigenvalue weighted by molar-refractivity contribution is -0.122. The van der Waals surface area contributed by atoms with Crippen molar-refractivity contribution in [2.45, 2.75) is 59.8 Å². The van der Waals surface area contributed by atoms with E-state index in [1.165, 1.54) is 25.7 Å². The number of hydrogen-bond donors (Lipinski definition) is 1. The SMILES string of the molecule is CC(C)CCCCCCNC(=O)CN(C)CC(C)C. The lowest BCUT2D eigenvalue weighted by Crippen LogP contribution is -2.37. The average Bonchev–Trinajstić information content (AvgIpc) is 2.25. The molecule has 0 aromatic carbocycles. The Labute approximate surface area is 120 Å². The van der Waals surface area contributed by atoms with Crippen molar-refractivity contribution in [1.82, 2.24) is 10.2 Å². The molecule has 114 valence electrons. The van der Waals surface area contributed by atoms with Crippen LogP contribution in [0, 0.1) is 11.8 Å². The normalized spacial score (nSPS) is 11.6. The van der Waals surface area contributed by atoms with Gasteiger partial charge in [-0.15, -0.1) is 0 Å². The van der Waals surface area contributed by atoms with E-state index in [-0.39, 0.29) is 5.91 Å². The minimum atomic E-state index is 0.158. The zero-order chi connectivity index (χ0) is 14.7. The van der Waals surface area contributed by atoms with Crippen molar-refractivity contribution in [3.63, 3.8) is 0 Å². The second kappa shape index (κ2) is 11.3. The largest absolute Gasteiger partial charge is 0.355 e. The van der Waals surface area contributed by atoms with Crippen LogP contribution in [0.5, 0.6) is 0 Å². The topological polar surface area (TPSA) is 32.3 Å². The molecule has 1 N–H and O–H groups in total. The molecule has 0 atom stereocenters. The fraction of sp³-hybridized carbons (Fsp3) is 0.938. The van der Waals surface area contributed by atoms with Gasteiger partial charge in [0, 0.05) is 13.1 Å². The summed E-state index contributed by atoms with van der Waals surface area (Å²) in [7, 11) is 2.01. The van der Waals surface area contributed by atoms with E-state index in [0.717, 1.165) is 25.4 Å². The molecule has 0 heterocycles. The maximum Gasteiger partial charge on any atom is 0.234 e. The van der Waals surface area contributed by atoms with Crippen LogP contribution < -0.4 is 5.32 Å². The summed E-state index contributed by atoms with van der Waals surface area (Å²) >= 11 is 0. The molecular formula is C16H34N2O. The third-order valence-corrected chi connectivity index (χ3v) is 3.12. The van der Waals surface area contributed by atoms with Gasteiger partial charge in [-0.05, 0) is 25.3 Å². The fourth-order valence-corrected chi connectivity index (χ4v) is 2.25. The van der Waals surface area contributed by atoms with Crippen LogP contribution in [-0.2, 0) is 4.79 Å². The second-order valence-corrected chi connectivity index (χ2v) is 6.54. The van der Waals surface area contributed by atoms with Crippen molar-refractivity contribution >= 4 is 5.91 Å². The Bertz CT molecular complexity index is 227. The second-order valence-electron chi connectivity index (χ2n) is 6.54. The van der Waals surface area contributed by atoms with Gasteiger partial charge in [0.1, 0.15) is 0 Å². The molecule has 0 bridgehead atoms. The maximum absolute atomic E-state index is 11.7. The molecule has 0 rings (SSSR count). The predicted octanol–water partition coefficient (Wildman–Crippen LogP) is 3.30. The summed E-state index contributed by atoms with van der Waals surface area (Å²) in [4.78, 5) is 13.7. The van der Waals surface area contributed by atoms with Crippen LogP contribution >= 0.6 is 0 Å². The molecule has 0 saturated carbocycles. The smallest absolute Gasteiger partial charge is 0.234 e. The number of carbonyl (C=O) groups is 1. The quantitative estimate of drug-likeness (QED) is 0.584. The Morgan fingerprint density at radius 3 is 2.21 bits per heavy atom. The van der Waals surface area contributed by atoms with Crippen LogP contribution in [0.3, 0.4) is 0 Å². The van der Waals surface area contributed by atoms with Gasteiger partial charge in [-0.25, -0.2) is 0 Å². The first-order valence-electron chi connectivity index (χ1n) is 7.87. The van der Waals surface area contributed by atoms with Crippen molar-refractivity contribution in [3.8, 4) is 0 Å². The number of nitrogens with zero attached hydrogens (tertiary/aromatic N) is 1. The first kappa shape index (κ1) is 18.4. The van der Waals surface area contributed by atoms with Gasteiger partial charge in [0.25, 0.3) is 0 Å². The Morgan fingerprint density at radius 2 is 1.63 bits per heavy atom. The minimum absolute atomic E-state index is 0.158. The van der Waals surface area contributed by atoms with Gasteiger partial charge in [0.05, 0.1) is 6.54 Å². The number of unbranched alkanes of at least 4 members (excludes halogenated alkanes) is 3. The monoisotopic (exact) mass is 270 g/mol. The molecule has 0 aromatic rings. The molecule has 0 aromatic heterocycles. The molecule has 0 unspecified atom stereocenters. The molecule has 0 spiro atoms. The van der Waals surface area contributed by atoms with E-state index >= 15 is 0 Å². The summed E-state index contributed by atoms with van der Waals surface area (Å²) in [5, 5.41) is 3.01. The van der Waals surface area contributed by atoms with Gasteiger partial charge in [0.15, 0.2) is 0 Å². The number of nitrogens with one attached hydrogen (secondary N) is 1. The van der Waals surface area contributed by atoms with Crippen LogP contribution in [0.1, 0.15) is 59.8 Å². The third kappa shape index (κ3) is 13.7. The molecule has 0 aliphatic carbocycles. The van der Waals surface area contributed by atoms with Crippen LogP contribution in [-0.4, -0.2) is 37.5 Å². The number of likely N-dealkylation sites (N-methyl/N-ethyl adjacent to an activating group) is 1. The molecule has 3 nitrogen and oxygen atoms in total.